The molecule has 1 atom stereocenters. The molecule has 92 valence electrons. The van der Waals surface area contributed by atoms with Gasteiger partial charge in [-0.15, -0.1) is 0 Å². The largest absolute Gasteiger partial charge is 0.306 e. The van der Waals surface area contributed by atoms with Gasteiger partial charge < -0.3 is 4.90 Å². The first-order valence-electron chi connectivity index (χ1n) is 6.89. The van der Waals surface area contributed by atoms with E-state index in [1.165, 1.54) is 58.0 Å². The molecule has 15 heavy (non-hydrogen) atoms. The van der Waals surface area contributed by atoms with Crippen LogP contribution in [0.25, 0.3) is 0 Å². The molecule has 0 radical (unpaired) electrons. The molecule has 0 aliphatic carbocycles. The molecule has 0 aromatic rings. The second-order valence-electron chi connectivity index (χ2n) is 5.04. The number of rotatable bonds is 10. The van der Waals surface area contributed by atoms with Crippen LogP contribution in [0.3, 0.4) is 0 Å². The zero-order chi connectivity index (χ0) is 11.5. The maximum absolute atomic E-state index is 2.49. The van der Waals surface area contributed by atoms with Gasteiger partial charge in [0.15, 0.2) is 0 Å². The van der Waals surface area contributed by atoms with Crippen LogP contribution in [-0.4, -0.2) is 25.0 Å². The number of unbranched alkanes of at least 4 members (excludes halogenated alkanes) is 5. The van der Waals surface area contributed by atoms with Crippen molar-refractivity contribution in [2.24, 2.45) is 5.92 Å². The van der Waals surface area contributed by atoms with Crippen molar-refractivity contribution in [3.05, 3.63) is 0 Å². The van der Waals surface area contributed by atoms with Crippen LogP contribution >= 0.6 is 0 Å². The van der Waals surface area contributed by atoms with Gasteiger partial charge in [0.2, 0.25) is 0 Å². The summed E-state index contributed by atoms with van der Waals surface area (Å²) in [6.07, 6.45) is 9.76. The molecule has 0 aliphatic rings. The van der Waals surface area contributed by atoms with Gasteiger partial charge in [-0.1, -0.05) is 59.3 Å². The van der Waals surface area contributed by atoms with E-state index in [-0.39, 0.29) is 0 Å². The minimum absolute atomic E-state index is 0.857. The molecular formula is C14H31N. The van der Waals surface area contributed by atoms with Gasteiger partial charge in [0.25, 0.3) is 0 Å². The number of hydrogen-bond donors (Lipinski definition) is 0. The molecule has 1 heteroatoms. The Hall–Kier alpha value is -0.0400. The monoisotopic (exact) mass is 213 g/mol. The molecule has 0 heterocycles. The lowest BCUT2D eigenvalue weighted by atomic mass is 10.1. The van der Waals surface area contributed by atoms with Gasteiger partial charge in [0, 0.05) is 6.54 Å². The highest BCUT2D eigenvalue weighted by molar-refractivity contribution is 4.57. The topological polar surface area (TPSA) is 3.24 Å². The normalized spacial score (nSPS) is 13.4. The summed E-state index contributed by atoms with van der Waals surface area (Å²) in [5.41, 5.74) is 0. The Labute approximate surface area is 97.2 Å². The summed E-state index contributed by atoms with van der Waals surface area (Å²) < 4.78 is 0. The molecule has 0 bridgehead atoms. The molecule has 0 saturated carbocycles. The molecule has 0 rings (SSSR count). The van der Waals surface area contributed by atoms with Crippen LogP contribution in [0.1, 0.15) is 65.7 Å². The molecule has 0 aliphatic heterocycles. The highest BCUT2D eigenvalue weighted by atomic mass is 15.1. The highest BCUT2D eigenvalue weighted by Crippen LogP contribution is 2.07. The molecule has 0 saturated heterocycles. The van der Waals surface area contributed by atoms with Gasteiger partial charge in [-0.3, -0.25) is 0 Å². The van der Waals surface area contributed by atoms with Crippen molar-refractivity contribution < 1.29 is 0 Å². The third-order valence-electron chi connectivity index (χ3n) is 3.21. The number of hydrogen-bond acceptors (Lipinski definition) is 1. The second-order valence-corrected chi connectivity index (χ2v) is 5.04. The van der Waals surface area contributed by atoms with Crippen molar-refractivity contribution in [2.45, 2.75) is 65.7 Å². The van der Waals surface area contributed by atoms with Crippen LogP contribution in [0.15, 0.2) is 0 Å². The van der Waals surface area contributed by atoms with Crippen molar-refractivity contribution in [1.82, 2.24) is 4.90 Å². The van der Waals surface area contributed by atoms with Crippen LogP contribution in [-0.2, 0) is 0 Å². The van der Waals surface area contributed by atoms with Crippen molar-refractivity contribution in [3.8, 4) is 0 Å². The van der Waals surface area contributed by atoms with Gasteiger partial charge in [0.1, 0.15) is 0 Å². The SMILES string of the molecule is CCCCCCCCN(C)CC(C)CC. The minimum atomic E-state index is 0.857. The number of nitrogens with zero attached hydrogens (tertiary/aromatic N) is 1. The van der Waals surface area contributed by atoms with Crippen molar-refractivity contribution in [1.29, 1.82) is 0 Å². The lowest BCUT2D eigenvalue weighted by Crippen LogP contribution is -2.25. The average molecular weight is 213 g/mol. The van der Waals surface area contributed by atoms with Crippen molar-refractivity contribution in [3.63, 3.8) is 0 Å². The summed E-state index contributed by atoms with van der Waals surface area (Å²) in [4.78, 5) is 2.49. The van der Waals surface area contributed by atoms with E-state index in [2.05, 4.69) is 32.7 Å². The summed E-state index contributed by atoms with van der Waals surface area (Å²) in [5.74, 6) is 0.857. The zero-order valence-corrected chi connectivity index (χ0v) is 11.4. The highest BCUT2D eigenvalue weighted by Gasteiger charge is 2.03. The average Bonchev–Trinajstić information content (AvgIpc) is 2.23. The minimum Gasteiger partial charge on any atom is -0.306 e. The van der Waals surface area contributed by atoms with Gasteiger partial charge in [0.05, 0.1) is 0 Å². The fourth-order valence-electron chi connectivity index (χ4n) is 1.91. The van der Waals surface area contributed by atoms with Crippen LogP contribution in [0.2, 0.25) is 0 Å². The summed E-state index contributed by atoms with van der Waals surface area (Å²) in [6, 6.07) is 0. The van der Waals surface area contributed by atoms with Gasteiger partial charge in [-0.05, 0) is 25.9 Å². The molecule has 0 aromatic carbocycles. The first-order valence-corrected chi connectivity index (χ1v) is 6.89. The predicted octanol–water partition coefficient (Wildman–Crippen LogP) is 4.32. The van der Waals surface area contributed by atoms with Crippen LogP contribution < -0.4 is 0 Å². The Morgan fingerprint density at radius 2 is 1.53 bits per heavy atom. The van der Waals surface area contributed by atoms with Crippen LogP contribution in [0, 0.1) is 5.92 Å². The second kappa shape index (κ2) is 10.5. The first kappa shape index (κ1) is 15.0. The first-order chi connectivity index (χ1) is 7.20. The van der Waals surface area contributed by atoms with Crippen molar-refractivity contribution in [2.75, 3.05) is 20.1 Å². The molecular weight excluding hydrogens is 182 g/mol. The molecule has 0 spiro atoms. The zero-order valence-electron chi connectivity index (χ0n) is 11.4. The lowest BCUT2D eigenvalue weighted by Gasteiger charge is -2.20. The van der Waals surface area contributed by atoms with Crippen molar-refractivity contribution >= 4 is 0 Å². The van der Waals surface area contributed by atoms with Gasteiger partial charge in [-0.2, -0.15) is 0 Å². The van der Waals surface area contributed by atoms with Crippen LogP contribution in [0.4, 0.5) is 0 Å². The standard InChI is InChI=1S/C14H31N/c1-5-7-8-9-10-11-12-15(4)13-14(3)6-2/h14H,5-13H2,1-4H3. The van der Waals surface area contributed by atoms with Gasteiger partial charge in [-0.25, -0.2) is 0 Å². The molecule has 1 unspecified atom stereocenters. The Morgan fingerprint density at radius 3 is 2.13 bits per heavy atom. The van der Waals surface area contributed by atoms with E-state index in [1.54, 1.807) is 0 Å². The van der Waals surface area contributed by atoms with E-state index in [1.807, 2.05) is 0 Å². The van der Waals surface area contributed by atoms with E-state index in [0.29, 0.717) is 0 Å². The molecule has 0 aromatic heterocycles. The smallest absolute Gasteiger partial charge is 0.000387 e. The predicted molar refractivity (Wildman–Crippen MR) is 70.3 cm³/mol. The Kier molecular flexibility index (Phi) is 10.4. The fourth-order valence-corrected chi connectivity index (χ4v) is 1.91. The summed E-state index contributed by atoms with van der Waals surface area (Å²) in [5, 5.41) is 0. The Balaban J connectivity index is 3.20. The Morgan fingerprint density at radius 1 is 0.933 bits per heavy atom. The lowest BCUT2D eigenvalue weighted by molar-refractivity contribution is 0.276. The van der Waals surface area contributed by atoms with E-state index < -0.39 is 0 Å². The van der Waals surface area contributed by atoms with E-state index in [9.17, 15) is 0 Å². The van der Waals surface area contributed by atoms with E-state index in [4.69, 9.17) is 0 Å². The fraction of sp³-hybridized carbons (Fsp3) is 1.00. The quantitative estimate of drug-likeness (QED) is 0.488. The molecule has 0 fully saturated rings. The molecule has 1 nitrogen and oxygen atoms in total. The summed E-state index contributed by atoms with van der Waals surface area (Å²) >= 11 is 0. The molecule has 0 amide bonds. The van der Waals surface area contributed by atoms with E-state index >= 15 is 0 Å². The van der Waals surface area contributed by atoms with E-state index in [0.717, 1.165) is 5.92 Å². The Bertz CT molecular complexity index is 123. The molecule has 0 N–H and O–H groups in total. The maximum atomic E-state index is 2.49. The van der Waals surface area contributed by atoms with Crippen LogP contribution in [0.5, 0.6) is 0 Å². The maximum Gasteiger partial charge on any atom is 0.000387 e. The third kappa shape index (κ3) is 10.2. The third-order valence-corrected chi connectivity index (χ3v) is 3.21. The summed E-state index contributed by atoms with van der Waals surface area (Å²) in [7, 11) is 2.26. The summed E-state index contributed by atoms with van der Waals surface area (Å²) in [6.45, 7) is 9.46. The van der Waals surface area contributed by atoms with Gasteiger partial charge >= 0.3 is 0 Å².